The number of halogens is 1. The molecule has 0 fully saturated rings. The van der Waals surface area contributed by atoms with Crippen LogP contribution < -0.4 is 5.73 Å². The van der Waals surface area contributed by atoms with Crippen molar-refractivity contribution in [2.45, 2.75) is 13.3 Å². The molecule has 1 aromatic heterocycles. The number of anilines is 1. The zero-order chi connectivity index (χ0) is 11.5. The zero-order valence-corrected chi connectivity index (χ0v) is 10.5. The number of aryl methyl sites for hydroxylation is 1. The highest BCUT2D eigenvalue weighted by atomic mass is 79.9. The Hall–Kier alpha value is -1.42. The summed E-state index contributed by atoms with van der Waals surface area (Å²) in [6, 6.07) is 10.3. The maximum absolute atomic E-state index is 5.58. The Balaban J connectivity index is 2.20. The molecule has 0 unspecified atom stereocenters. The number of benzene rings is 1. The lowest BCUT2D eigenvalue weighted by atomic mass is 10.1. The SMILES string of the molecule is Cc1ccc(Cc2cc(Br)c(N)nn2)cc1. The van der Waals surface area contributed by atoms with Gasteiger partial charge in [0.25, 0.3) is 0 Å². The lowest BCUT2D eigenvalue weighted by Crippen LogP contribution is -1.99. The summed E-state index contributed by atoms with van der Waals surface area (Å²) in [6.45, 7) is 2.07. The van der Waals surface area contributed by atoms with Crippen LogP contribution in [0.2, 0.25) is 0 Å². The van der Waals surface area contributed by atoms with Gasteiger partial charge >= 0.3 is 0 Å². The zero-order valence-electron chi connectivity index (χ0n) is 8.94. The lowest BCUT2D eigenvalue weighted by molar-refractivity contribution is 0.939. The molecule has 0 aliphatic heterocycles. The molecule has 0 atom stereocenters. The summed E-state index contributed by atoms with van der Waals surface area (Å²) in [5.41, 5.74) is 8.97. The summed E-state index contributed by atoms with van der Waals surface area (Å²) in [6.07, 6.45) is 0.770. The van der Waals surface area contributed by atoms with Crippen molar-refractivity contribution < 1.29 is 0 Å². The number of rotatable bonds is 2. The molecule has 2 rings (SSSR count). The van der Waals surface area contributed by atoms with Crippen molar-refractivity contribution in [3.8, 4) is 0 Å². The van der Waals surface area contributed by atoms with E-state index in [9.17, 15) is 0 Å². The summed E-state index contributed by atoms with van der Waals surface area (Å²) in [7, 11) is 0. The molecule has 0 bridgehead atoms. The number of hydrogen-bond acceptors (Lipinski definition) is 3. The normalized spacial score (nSPS) is 10.4. The summed E-state index contributed by atoms with van der Waals surface area (Å²) < 4.78 is 0.796. The van der Waals surface area contributed by atoms with Gasteiger partial charge in [0, 0.05) is 6.42 Å². The summed E-state index contributed by atoms with van der Waals surface area (Å²) in [4.78, 5) is 0. The highest BCUT2D eigenvalue weighted by molar-refractivity contribution is 9.10. The van der Waals surface area contributed by atoms with Crippen molar-refractivity contribution in [1.82, 2.24) is 10.2 Å². The Kier molecular flexibility index (Phi) is 3.19. The van der Waals surface area contributed by atoms with Crippen molar-refractivity contribution in [2.75, 3.05) is 5.73 Å². The first kappa shape index (κ1) is 11.1. The average Bonchev–Trinajstić information content (AvgIpc) is 2.27. The fourth-order valence-corrected chi connectivity index (χ4v) is 1.76. The van der Waals surface area contributed by atoms with Gasteiger partial charge in [0.1, 0.15) is 0 Å². The van der Waals surface area contributed by atoms with E-state index in [1.807, 2.05) is 6.07 Å². The van der Waals surface area contributed by atoms with E-state index in [4.69, 9.17) is 5.73 Å². The maximum atomic E-state index is 5.58. The summed E-state index contributed by atoms with van der Waals surface area (Å²) in [5.74, 6) is 0.424. The second-order valence-corrected chi connectivity index (χ2v) is 4.59. The van der Waals surface area contributed by atoms with Gasteiger partial charge < -0.3 is 5.73 Å². The third-order valence-electron chi connectivity index (χ3n) is 2.33. The van der Waals surface area contributed by atoms with E-state index in [0.29, 0.717) is 5.82 Å². The predicted octanol–water partition coefficient (Wildman–Crippen LogP) is 2.72. The van der Waals surface area contributed by atoms with Crippen LogP contribution in [0.25, 0.3) is 0 Å². The molecule has 82 valence electrons. The molecule has 0 aliphatic carbocycles. The molecule has 0 saturated heterocycles. The van der Waals surface area contributed by atoms with E-state index in [1.54, 1.807) is 0 Å². The van der Waals surface area contributed by atoms with Crippen molar-refractivity contribution in [3.05, 3.63) is 51.6 Å². The van der Waals surface area contributed by atoms with E-state index in [1.165, 1.54) is 11.1 Å². The molecule has 0 amide bonds. The number of nitrogens with zero attached hydrogens (tertiary/aromatic N) is 2. The monoisotopic (exact) mass is 277 g/mol. The molecule has 2 aromatic rings. The number of aromatic nitrogens is 2. The second kappa shape index (κ2) is 4.61. The summed E-state index contributed by atoms with van der Waals surface area (Å²) >= 11 is 3.34. The van der Waals surface area contributed by atoms with Crippen LogP contribution in [0, 0.1) is 6.92 Å². The van der Waals surface area contributed by atoms with E-state index in [-0.39, 0.29) is 0 Å². The van der Waals surface area contributed by atoms with Crippen molar-refractivity contribution in [3.63, 3.8) is 0 Å². The maximum Gasteiger partial charge on any atom is 0.160 e. The van der Waals surface area contributed by atoms with E-state index < -0.39 is 0 Å². The van der Waals surface area contributed by atoms with Crippen molar-refractivity contribution >= 4 is 21.7 Å². The Bertz CT molecular complexity index is 494. The number of hydrogen-bond donors (Lipinski definition) is 1. The third-order valence-corrected chi connectivity index (χ3v) is 2.97. The Morgan fingerprint density at radius 3 is 2.50 bits per heavy atom. The second-order valence-electron chi connectivity index (χ2n) is 3.73. The molecular formula is C12H12BrN3. The van der Waals surface area contributed by atoms with Crippen LogP contribution in [0.3, 0.4) is 0 Å². The molecule has 16 heavy (non-hydrogen) atoms. The standard InChI is InChI=1S/C12H12BrN3/c1-8-2-4-9(5-3-8)6-10-7-11(13)12(14)16-15-10/h2-5,7H,6H2,1H3,(H2,14,16). The van der Waals surface area contributed by atoms with Gasteiger partial charge in [-0.15, -0.1) is 5.10 Å². The van der Waals surface area contributed by atoms with E-state index in [0.717, 1.165) is 16.6 Å². The molecule has 1 aromatic carbocycles. The third kappa shape index (κ3) is 2.58. The van der Waals surface area contributed by atoms with Crippen molar-refractivity contribution in [2.24, 2.45) is 0 Å². The lowest BCUT2D eigenvalue weighted by Gasteiger charge is -2.03. The predicted molar refractivity (Wildman–Crippen MR) is 68.1 cm³/mol. The van der Waals surface area contributed by atoms with Crippen molar-refractivity contribution in [1.29, 1.82) is 0 Å². The highest BCUT2D eigenvalue weighted by Gasteiger charge is 2.02. The fourth-order valence-electron chi connectivity index (χ4n) is 1.42. The topological polar surface area (TPSA) is 51.8 Å². The minimum atomic E-state index is 0.424. The molecule has 3 nitrogen and oxygen atoms in total. The van der Waals surface area contributed by atoms with Gasteiger partial charge in [-0.3, -0.25) is 0 Å². The van der Waals surface area contributed by atoms with E-state index >= 15 is 0 Å². The minimum Gasteiger partial charge on any atom is -0.381 e. The Morgan fingerprint density at radius 2 is 1.88 bits per heavy atom. The Labute approximate surface area is 103 Å². The molecule has 0 radical (unpaired) electrons. The first-order valence-corrected chi connectivity index (χ1v) is 5.77. The molecule has 2 N–H and O–H groups in total. The smallest absolute Gasteiger partial charge is 0.160 e. The average molecular weight is 278 g/mol. The van der Waals surface area contributed by atoms with Gasteiger partial charge in [-0.1, -0.05) is 29.8 Å². The van der Waals surface area contributed by atoms with Crippen LogP contribution in [0.15, 0.2) is 34.8 Å². The largest absolute Gasteiger partial charge is 0.381 e. The summed E-state index contributed by atoms with van der Waals surface area (Å²) in [5, 5.41) is 7.93. The minimum absolute atomic E-state index is 0.424. The first-order chi connectivity index (χ1) is 7.65. The number of nitrogen functional groups attached to an aromatic ring is 1. The van der Waals surface area contributed by atoms with Crippen LogP contribution in [-0.2, 0) is 6.42 Å². The Morgan fingerprint density at radius 1 is 1.19 bits per heavy atom. The van der Waals surface area contributed by atoms with Gasteiger partial charge in [0.15, 0.2) is 5.82 Å². The highest BCUT2D eigenvalue weighted by Crippen LogP contribution is 2.17. The van der Waals surface area contributed by atoms with Gasteiger partial charge in [-0.25, -0.2) is 0 Å². The molecule has 1 heterocycles. The van der Waals surface area contributed by atoms with E-state index in [2.05, 4.69) is 57.3 Å². The van der Waals surface area contributed by atoms with Crippen LogP contribution in [0.1, 0.15) is 16.8 Å². The van der Waals surface area contributed by atoms with Gasteiger partial charge in [-0.2, -0.15) is 5.10 Å². The van der Waals surface area contributed by atoms with Crippen LogP contribution in [0.4, 0.5) is 5.82 Å². The van der Waals surface area contributed by atoms with Crippen LogP contribution >= 0.6 is 15.9 Å². The molecular weight excluding hydrogens is 266 g/mol. The fraction of sp³-hybridized carbons (Fsp3) is 0.167. The van der Waals surface area contributed by atoms with Crippen LogP contribution in [0.5, 0.6) is 0 Å². The molecule has 4 heteroatoms. The molecule has 0 aliphatic rings. The van der Waals surface area contributed by atoms with Gasteiger partial charge in [0.2, 0.25) is 0 Å². The quantitative estimate of drug-likeness (QED) is 0.918. The first-order valence-electron chi connectivity index (χ1n) is 4.98. The van der Waals surface area contributed by atoms with Gasteiger partial charge in [0.05, 0.1) is 10.2 Å². The van der Waals surface area contributed by atoms with Gasteiger partial charge in [-0.05, 0) is 34.5 Å². The number of nitrogens with two attached hydrogens (primary N) is 1. The van der Waals surface area contributed by atoms with Crippen LogP contribution in [-0.4, -0.2) is 10.2 Å². The molecule has 0 spiro atoms. The molecule has 0 saturated carbocycles.